The maximum Gasteiger partial charge on any atom is 0.330 e. The number of ether oxygens (including phenoxy) is 1. The molecule has 3 rings (SSSR count). The smallest absolute Gasteiger partial charge is 0.330 e. The van der Waals surface area contributed by atoms with Gasteiger partial charge in [-0.1, -0.05) is 30.3 Å². The molecule has 1 unspecified atom stereocenters. The normalized spacial score (nSPS) is 11.4. The number of rotatable bonds is 7. The zero-order chi connectivity index (χ0) is 21.5. The van der Waals surface area contributed by atoms with Gasteiger partial charge in [0.2, 0.25) is 11.7 Å². The largest absolute Gasteiger partial charge is 0.451 e. The van der Waals surface area contributed by atoms with E-state index in [-0.39, 0.29) is 12.5 Å². The van der Waals surface area contributed by atoms with Crippen LogP contribution in [0.4, 0.5) is 11.4 Å². The Balaban J connectivity index is 1.51. The number of anilines is 2. The fourth-order valence-corrected chi connectivity index (χ4v) is 2.50. The standard InChI is InChI=1S/C20H20N6O4/c1-13(20(29)22-17-10-8-16(9-11-17)21-14(2)27)30-18(28)12-26-24-19(23-25-26)15-6-4-3-5-7-15/h3-11,13H,12H2,1-2H3,(H,21,27)(H,22,29). The number of esters is 1. The van der Waals surface area contributed by atoms with E-state index in [1.807, 2.05) is 30.3 Å². The van der Waals surface area contributed by atoms with Gasteiger partial charge in [0.05, 0.1) is 0 Å². The van der Waals surface area contributed by atoms with Crippen LogP contribution in [-0.2, 0) is 25.7 Å². The number of carbonyl (C=O) groups excluding carboxylic acids is 3. The van der Waals surface area contributed by atoms with Crippen LogP contribution in [0.2, 0.25) is 0 Å². The van der Waals surface area contributed by atoms with Crippen molar-refractivity contribution < 1.29 is 19.1 Å². The summed E-state index contributed by atoms with van der Waals surface area (Å²) in [4.78, 5) is 36.5. The maximum atomic E-state index is 12.2. The highest BCUT2D eigenvalue weighted by atomic mass is 16.5. The van der Waals surface area contributed by atoms with E-state index in [4.69, 9.17) is 4.74 Å². The van der Waals surface area contributed by atoms with Gasteiger partial charge in [-0.15, -0.1) is 10.2 Å². The Labute approximate surface area is 172 Å². The van der Waals surface area contributed by atoms with Gasteiger partial charge in [0.1, 0.15) is 0 Å². The molecule has 3 aromatic rings. The van der Waals surface area contributed by atoms with E-state index in [1.54, 1.807) is 24.3 Å². The summed E-state index contributed by atoms with van der Waals surface area (Å²) < 4.78 is 5.14. The van der Waals surface area contributed by atoms with Crippen LogP contribution in [0.15, 0.2) is 54.6 Å². The van der Waals surface area contributed by atoms with Crippen LogP contribution in [0, 0.1) is 0 Å². The fourth-order valence-electron chi connectivity index (χ4n) is 2.50. The predicted octanol–water partition coefficient (Wildman–Crippen LogP) is 1.87. The lowest BCUT2D eigenvalue weighted by molar-refractivity contribution is -0.154. The molecule has 10 heteroatoms. The molecule has 0 saturated carbocycles. The Morgan fingerprint density at radius 2 is 1.63 bits per heavy atom. The summed E-state index contributed by atoms with van der Waals surface area (Å²) >= 11 is 0. The molecule has 2 N–H and O–H groups in total. The first kappa shape index (κ1) is 20.6. The highest BCUT2D eigenvalue weighted by molar-refractivity contribution is 5.95. The molecular formula is C20H20N6O4. The lowest BCUT2D eigenvalue weighted by Gasteiger charge is -2.13. The third kappa shape index (κ3) is 5.71. The molecule has 0 aliphatic rings. The number of aromatic nitrogens is 4. The van der Waals surface area contributed by atoms with Gasteiger partial charge in [-0.05, 0) is 36.4 Å². The third-order valence-electron chi connectivity index (χ3n) is 3.91. The molecule has 1 aromatic heterocycles. The van der Waals surface area contributed by atoms with E-state index in [9.17, 15) is 14.4 Å². The first-order valence-electron chi connectivity index (χ1n) is 9.12. The first-order valence-corrected chi connectivity index (χ1v) is 9.12. The van der Waals surface area contributed by atoms with Crippen LogP contribution in [0.5, 0.6) is 0 Å². The summed E-state index contributed by atoms with van der Waals surface area (Å²) in [6, 6.07) is 15.8. The molecule has 1 heterocycles. The monoisotopic (exact) mass is 408 g/mol. The van der Waals surface area contributed by atoms with Crippen LogP contribution >= 0.6 is 0 Å². The van der Waals surface area contributed by atoms with E-state index in [0.717, 1.165) is 10.4 Å². The summed E-state index contributed by atoms with van der Waals surface area (Å²) in [5.41, 5.74) is 1.88. The minimum absolute atomic E-state index is 0.190. The molecule has 0 bridgehead atoms. The van der Waals surface area contributed by atoms with Crippen LogP contribution < -0.4 is 10.6 Å². The third-order valence-corrected chi connectivity index (χ3v) is 3.91. The Morgan fingerprint density at radius 1 is 1.00 bits per heavy atom. The number of hydrogen-bond acceptors (Lipinski definition) is 7. The van der Waals surface area contributed by atoms with Gasteiger partial charge in [0, 0.05) is 23.9 Å². The Bertz CT molecular complexity index is 1030. The Kier molecular flexibility index (Phi) is 6.48. The number of carbonyl (C=O) groups is 3. The molecule has 0 aliphatic carbocycles. The van der Waals surface area contributed by atoms with Gasteiger partial charge in [-0.25, -0.2) is 4.79 Å². The van der Waals surface area contributed by atoms with Gasteiger partial charge in [-0.3, -0.25) is 9.59 Å². The topological polar surface area (TPSA) is 128 Å². The van der Waals surface area contributed by atoms with Gasteiger partial charge in [-0.2, -0.15) is 4.80 Å². The lowest BCUT2D eigenvalue weighted by Crippen LogP contribution is -2.31. The summed E-state index contributed by atoms with van der Waals surface area (Å²) in [6.07, 6.45) is -1.02. The molecule has 1 atom stereocenters. The highest BCUT2D eigenvalue weighted by Crippen LogP contribution is 2.14. The van der Waals surface area contributed by atoms with Crippen molar-refractivity contribution >= 4 is 29.2 Å². The average molecular weight is 408 g/mol. The van der Waals surface area contributed by atoms with Gasteiger partial charge >= 0.3 is 5.97 Å². The second kappa shape index (κ2) is 9.41. The SMILES string of the molecule is CC(=O)Nc1ccc(NC(=O)C(C)OC(=O)Cn2nnc(-c3ccccc3)n2)cc1. The molecule has 2 aromatic carbocycles. The minimum Gasteiger partial charge on any atom is -0.451 e. The number of nitrogens with one attached hydrogen (secondary N) is 2. The quantitative estimate of drug-likeness (QED) is 0.571. The van der Waals surface area contributed by atoms with Crippen LogP contribution in [-0.4, -0.2) is 44.1 Å². The van der Waals surface area contributed by atoms with Crippen LogP contribution in [0.25, 0.3) is 11.4 Å². The van der Waals surface area contributed by atoms with Crippen molar-refractivity contribution in [2.45, 2.75) is 26.5 Å². The molecule has 10 nitrogen and oxygen atoms in total. The highest BCUT2D eigenvalue weighted by Gasteiger charge is 2.19. The van der Waals surface area contributed by atoms with E-state index in [2.05, 4.69) is 26.0 Å². The fraction of sp³-hybridized carbons (Fsp3) is 0.200. The second-order valence-corrected chi connectivity index (χ2v) is 6.39. The van der Waals surface area contributed by atoms with Crippen molar-refractivity contribution in [3.63, 3.8) is 0 Å². The van der Waals surface area contributed by atoms with E-state index < -0.39 is 18.0 Å². The number of benzene rings is 2. The van der Waals surface area contributed by atoms with Crippen molar-refractivity contribution in [3.8, 4) is 11.4 Å². The first-order chi connectivity index (χ1) is 14.4. The summed E-state index contributed by atoms with van der Waals surface area (Å²) in [6.45, 7) is 2.59. The Hall–Kier alpha value is -4.08. The molecule has 154 valence electrons. The van der Waals surface area contributed by atoms with Crippen molar-refractivity contribution in [1.82, 2.24) is 20.2 Å². The molecule has 0 saturated heterocycles. The van der Waals surface area contributed by atoms with Crippen molar-refractivity contribution in [3.05, 3.63) is 54.6 Å². The Morgan fingerprint density at radius 3 is 2.27 bits per heavy atom. The van der Waals surface area contributed by atoms with Crippen LogP contribution in [0.3, 0.4) is 0 Å². The number of hydrogen-bond donors (Lipinski definition) is 2. The predicted molar refractivity (Wildman–Crippen MR) is 108 cm³/mol. The van der Waals surface area contributed by atoms with Crippen LogP contribution in [0.1, 0.15) is 13.8 Å². The number of nitrogens with zero attached hydrogens (tertiary/aromatic N) is 4. The van der Waals surface area contributed by atoms with Crippen molar-refractivity contribution in [2.24, 2.45) is 0 Å². The minimum atomic E-state index is -1.02. The van der Waals surface area contributed by atoms with Gasteiger partial charge < -0.3 is 15.4 Å². The van der Waals surface area contributed by atoms with Gasteiger partial charge in [0.25, 0.3) is 5.91 Å². The van der Waals surface area contributed by atoms with E-state index in [1.165, 1.54) is 13.8 Å². The zero-order valence-corrected chi connectivity index (χ0v) is 16.4. The summed E-state index contributed by atoms with van der Waals surface area (Å²) in [5.74, 6) is -0.968. The zero-order valence-electron chi connectivity index (χ0n) is 16.4. The molecule has 0 radical (unpaired) electrons. The van der Waals surface area contributed by atoms with E-state index in [0.29, 0.717) is 17.2 Å². The molecule has 30 heavy (non-hydrogen) atoms. The molecular weight excluding hydrogens is 388 g/mol. The molecule has 0 fully saturated rings. The van der Waals surface area contributed by atoms with E-state index >= 15 is 0 Å². The average Bonchev–Trinajstić information content (AvgIpc) is 3.18. The summed E-state index contributed by atoms with van der Waals surface area (Å²) in [5, 5.41) is 17.1. The maximum absolute atomic E-state index is 12.2. The van der Waals surface area contributed by atoms with Crippen molar-refractivity contribution in [2.75, 3.05) is 10.6 Å². The second-order valence-electron chi connectivity index (χ2n) is 6.39. The van der Waals surface area contributed by atoms with Crippen molar-refractivity contribution in [1.29, 1.82) is 0 Å². The molecule has 0 spiro atoms. The molecule has 0 aliphatic heterocycles. The molecule has 2 amide bonds. The lowest BCUT2D eigenvalue weighted by atomic mass is 10.2. The number of amides is 2. The van der Waals surface area contributed by atoms with Gasteiger partial charge in [0.15, 0.2) is 12.6 Å². The number of tetrazole rings is 1. The summed E-state index contributed by atoms with van der Waals surface area (Å²) in [7, 11) is 0.